The summed E-state index contributed by atoms with van der Waals surface area (Å²) in [6.07, 6.45) is 15.8. The van der Waals surface area contributed by atoms with E-state index in [1.807, 2.05) is 0 Å². The summed E-state index contributed by atoms with van der Waals surface area (Å²) in [6.45, 7) is 4.46. The highest BCUT2D eigenvalue weighted by Crippen LogP contribution is 2.40. The minimum atomic E-state index is -0.323. The van der Waals surface area contributed by atoms with Crippen LogP contribution >= 0.6 is 11.3 Å². The average molecular weight is 422 g/mol. The average Bonchev–Trinajstić information content (AvgIpc) is 3.08. The van der Waals surface area contributed by atoms with Crippen molar-refractivity contribution in [3.63, 3.8) is 0 Å². The molecule has 4 nitrogen and oxygen atoms in total. The number of methoxy groups -OCH3 is 1. The van der Waals surface area contributed by atoms with Gasteiger partial charge in [0.2, 0.25) is 5.91 Å². The third-order valence-corrected chi connectivity index (χ3v) is 7.26. The highest BCUT2D eigenvalue weighted by Gasteiger charge is 2.29. The molecule has 0 aliphatic heterocycles. The van der Waals surface area contributed by atoms with E-state index in [1.54, 1.807) is 11.3 Å². The first kappa shape index (κ1) is 23.9. The third kappa shape index (κ3) is 7.44. The number of carbonyl (C=O) groups is 2. The number of anilines is 1. The molecule has 0 saturated heterocycles. The Morgan fingerprint density at radius 2 is 1.69 bits per heavy atom. The lowest BCUT2D eigenvalue weighted by Gasteiger charge is -2.20. The number of unbranched alkanes of at least 4 members (excludes halogenated alkanes) is 8. The molecule has 0 aromatic carbocycles. The summed E-state index contributed by atoms with van der Waals surface area (Å²) in [5.41, 5.74) is 1.70. The van der Waals surface area contributed by atoms with E-state index in [1.165, 1.54) is 56.9 Å². The molecule has 1 unspecified atom stereocenters. The van der Waals surface area contributed by atoms with E-state index in [9.17, 15) is 9.59 Å². The Bertz CT molecular complexity index is 653. The van der Waals surface area contributed by atoms with Crippen LogP contribution in [0.2, 0.25) is 0 Å². The van der Waals surface area contributed by atoms with Gasteiger partial charge in [0.05, 0.1) is 12.7 Å². The van der Waals surface area contributed by atoms with Gasteiger partial charge >= 0.3 is 5.97 Å². The molecule has 0 fully saturated rings. The number of esters is 1. The van der Waals surface area contributed by atoms with Crippen molar-refractivity contribution in [2.45, 2.75) is 104 Å². The first-order valence-electron chi connectivity index (χ1n) is 11.6. The van der Waals surface area contributed by atoms with E-state index in [4.69, 9.17) is 4.74 Å². The fourth-order valence-electron chi connectivity index (χ4n) is 4.19. The number of nitrogens with one attached hydrogen (secondary N) is 1. The van der Waals surface area contributed by atoms with Crippen LogP contribution in [0.25, 0.3) is 0 Å². The van der Waals surface area contributed by atoms with Crippen LogP contribution in [0.4, 0.5) is 5.00 Å². The number of ether oxygens (including phenoxy) is 1. The summed E-state index contributed by atoms with van der Waals surface area (Å²) < 4.78 is 5.01. The van der Waals surface area contributed by atoms with Crippen molar-refractivity contribution in [3.05, 3.63) is 16.0 Å². The van der Waals surface area contributed by atoms with Gasteiger partial charge in [0, 0.05) is 11.3 Å². The van der Waals surface area contributed by atoms with Crippen molar-refractivity contribution >= 4 is 28.2 Å². The SMILES string of the molecule is CCCCCCCCCCCC(=O)Nc1sc2c(c1C(=O)OC)CCC(CC)C2. The maximum absolute atomic E-state index is 12.5. The monoisotopic (exact) mass is 421 g/mol. The van der Waals surface area contributed by atoms with Crippen molar-refractivity contribution in [1.82, 2.24) is 0 Å². The van der Waals surface area contributed by atoms with E-state index in [2.05, 4.69) is 19.2 Å². The van der Waals surface area contributed by atoms with E-state index in [-0.39, 0.29) is 11.9 Å². The van der Waals surface area contributed by atoms with Crippen LogP contribution in [-0.2, 0) is 22.4 Å². The van der Waals surface area contributed by atoms with Gasteiger partial charge in [-0.3, -0.25) is 4.79 Å². The molecule has 1 aliphatic rings. The van der Waals surface area contributed by atoms with Gasteiger partial charge in [-0.1, -0.05) is 71.6 Å². The molecule has 1 heterocycles. The molecule has 0 radical (unpaired) electrons. The predicted octanol–water partition coefficient (Wildman–Crippen LogP) is 6.91. The summed E-state index contributed by atoms with van der Waals surface area (Å²) in [4.78, 5) is 26.1. The van der Waals surface area contributed by atoms with Crippen molar-refractivity contribution in [1.29, 1.82) is 0 Å². The van der Waals surface area contributed by atoms with Crippen molar-refractivity contribution in [3.8, 4) is 0 Å². The fourth-order valence-corrected chi connectivity index (χ4v) is 5.56. The van der Waals surface area contributed by atoms with E-state index < -0.39 is 0 Å². The summed E-state index contributed by atoms with van der Waals surface area (Å²) >= 11 is 1.58. The number of amides is 1. The van der Waals surface area contributed by atoms with Gasteiger partial charge in [-0.05, 0) is 37.2 Å². The molecular formula is C24H39NO3S. The highest BCUT2D eigenvalue weighted by atomic mass is 32.1. The molecule has 0 saturated carbocycles. The van der Waals surface area contributed by atoms with Gasteiger partial charge in [0.1, 0.15) is 5.00 Å². The van der Waals surface area contributed by atoms with Gasteiger partial charge < -0.3 is 10.1 Å². The minimum absolute atomic E-state index is 0.0173. The zero-order valence-corrected chi connectivity index (χ0v) is 19.4. The molecule has 2 rings (SSSR count). The summed E-state index contributed by atoms with van der Waals surface area (Å²) in [7, 11) is 1.41. The molecular weight excluding hydrogens is 382 g/mol. The molecule has 1 aliphatic carbocycles. The van der Waals surface area contributed by atoms with Crippen molar-refractivity contribution in [2.24, 2.45) is 5.92 Å². The number of carbonyl (C=O) groups excluding carboxylic acids is 2. The second-order valence-corrected chi connectivity index (χ2v) is 9.45. The van der Waals surface area contributed by atoms with Gasteiger partial charge in [0.25, 0.3) is 0 Å². The molecule has 164 valence electrons. The number of hydrogen-bond donors (Lipinski definition) is 1. The maximum Gasteiger partial charge on any atom is 0.341 e. The number of hydrogen-bond acceptors (Lipinski definition) is 4. The summed E-state index contributed by atoms with van der Waals surface area (Å²) in [5, 5.41) is 3.71. The largest absolute Gasteiger partial charge is 0.465 e. The predicted molar refractivity (Wildman–Crippen MR) is 122 cm³/mol. The molecule has 1 aromatic heterocycles. The number of rotatable bonds is 13. The smallest absolute Gasteiger partial charge is 0.341 e. The van der Waals surface area contributed by atoms with Crippen LogP contribution < -0.4 is 5.32 Å². The van der Waals surface area contributed by atoms with Crippen LogP contribution in [0.15, 0.2) is 0 Å². The van der Waals surface area contributed by atoms with Gasteiger partial charge in [-0.25, -0.2) is 4.79 Å². The zero-order chi connectivity index (χ0) is 21.1. The Labute approximate surface area is 180 Å². The Hall–Kier alpha value is -1.36. The molecule has 1 atom stereocenters. The topological polar surface area (TPSA) is 55.4 Å². The summed E-state index contributed by atoms with van der Waals surface area (Å²) in [5.74, 6) is 0.372. The highest BCUT2D eigenvalue weighted by molar-refractivity contribution is 7.17. The Morgan fingerprint density at radius 3 is 2.31 bits per heavy atom. The van der Waals surface area contributed by atoms with Gasteiger partial charge in [0.15, 0.2) is 0 Å². The second-order valence-electron chi connectivity index (χ2n) is 8.34. The minimum Gasteiger partial charge on any atom is -0.465 e. The third-order valence-electron chi connectivity index (χ3n) is 6.09. The maximum atomic E-state index is 12.5. The lowest BCUT2D eigenvalue weighted by molar-refractivity contribution is -0.116. The number of fused-ring (bicyclic) bond motifs is 1. The summed E-state index contributed by atoms with van der Waals surface area (Å²) in [6, 6.07) is 0. The van der Waals surface area contributed by atoms with Crippen LogP contribution in [0.3, 0.4) is 0 Å². The molecule has 0 bridgehead atoms. The number of thiophene rings is 1. The van der Waals surface area contributed by atoms with E-state index >= 15 is 0 Å². The Kier molecular flexibility index (Phi) is 10.8. The molecule has 0 spiro atoms. The normalized spacial score (nSPS) is 15.8. The molecule has 29 heavy (non-hydrogen) atoms. The second kappa shape index (κ2) is 13.0. The fraction of sp³-hybridized carbons (Fsp3) is 0.750. The van der Waals surface area contributed by atoms with Crippen LogP contribution in [0, 0.1) is 5.92 Å². The van der Waals surface area contributed by atoms with Crippen molar-refractivity contribution < 1.29 is 14.3 Å². The van der Waals surface area contributed by atoms with Gasteiger partial charge in [-0.15, -0.1) is 11.3 Å². The lowest BCUT2D eigenvalue weighted by atomic mass is 9.85. The van der Waals surface area contributed by atoms with Crippen LogP contribution in [-0.4, -0.2) is 19.0 Å². The standard InChI is InChI=1S/C24H39NO3S/c1-4-6-7-8-9-10-11-12-13-14-21(26)25-23-22(24(27)28-3)19-16-15-18(5-2)17-20(19)29-23/h18H,4-17H2,1-3H3,(H,25,26). The van der Waals surface area contributed by atoms with Crippen LogP contribution in [0.1, 0.15) is 112 Å². The molecule has 1 N–H and O–H groups in total. The quantitative estimate of drug-likeness (QED) is 0.278. The first-order valence-corrected chi connectivity index (χ1v) is 12.4. The zero-order valence-electron chi connectivity index (χ0n) is 18.6. The van der Waals surface area contributed by atoms with Crippen molar-refractivity contribution in [2.75, 3.05) is 12.4 Å². The Balaban J connectivity index is 1.80. The van der Waals surface area contributed by atoms with E-state index in [0.717, 1.165) is 44.1 Å². The molecule has 1 amide bonds. The first-order chi connectivity index (χ1) is 14.1. The lowest BCUT2D eigenvalue weighted by Crippen LogP contribution is -2.16. The Morgan fingerprint density at radius 1 is 1.03 bits per heavy atom. The molecule has 5 heteroatoms. The van der Waals surface area contributed by atoms with Gasteiger partial charge in [-0.2, -0.15) is 0 Å². The van der Waals surface area contributed by atoms with Crippen LogP contribution in [0.5, 0.6) is 0 Å². The van der Waals surface area contributed by atoms with E-state index in [0.29, 0.717) is 22.9 Å². The molecule has 1 aromatic rings.